The summed E-state index contributed by atoms with van der Waals surface area (Å²) >= 11 is 0. The minimum absolute atomic E-state index is 0.328. The van der Waals surface area contributed by atoms with Gasteiger partial charge in [0, 0.05) is 18.9 Å². The molecule has 0 saturated heterocycles. The third kappa shape index (κ3) is 3.28. The lowest BCUT2D eigenvalue weighted by Crippen LogP contribution is -2.10. The van der Waals surface area contributed by atoms with Crippen molar-refractivity contribution in [3.05, 3.63) is 42.5 Å². The van der Waals surface area contributed by atoms with E-state index < -0.39 is 5.97 Å². The zero-order valence-corrected chi connectivity index (χ0v) is 11.3. The number of methoxy groups -OCH3 is 1. The van der Waals surface area contributed by atoms with Crippen molar-refractivity contribution in [3.63, 3.8) is 0 Å². The van der Waals surface area contributed by atoms with Crippen LogP contribution in [0.15, 0.2) is 36.9 Å². The van der Waals surface area contributed by atoms with E-state index in [2.05, 4.69) is 4.98 Å². The van der Waals surface area contributed by atoms with Gasteiger partial charge in [-0.2, -0.15) is 0 Å². The van der Waals surface area contributed by atoms with Crippen molar-refractivity contribution >= 4 is 11.7 Å². The van der Waals surface area contributed by atoms with E-state index in [1.807, 2.05) is 10.8 Å². The fourth-order valence-corrected chi connectivity index (χ4v) is 1.85. The minimum atomic E-state index is -0.431. The zero-order chi connectivity index (χ0) is 14.4. The molecule has 0 bridgehead atoms. The number of esters is 1. The van der Waals surface area contributed by atoms with Crippen molar-refractivity contribution in [3.8, 4) is 5.75 Å². The monoisotopic (exact) mass is 275 g/mol. The predicted molar refractivity (Wildman–Crippen MR) is 74.5 cm³/mol. The average molecular weight is 275 g/mol. The van der Waals surface area contributed by atoms with Gasteiger partial charge in [0.25, 0.3) is 0 Å². The Balaban J connectivity index is 1.87. The van der Waals surface area contributed by atoms with E-state index in [9.17, 15) is 4.79 Å². The number of anilines is 1. The van der Waals surface area contributed by atoms with E-state index in [4.69, 9.17) is 15.2 Å². The first-order valence-corrected chi connectivity index (χ1v) is 6.27. The summed E-state index contributed by atoms with van der Waals surface area (Å²) in [6, 6.07) is 5.00. The Labute approximate surface area is 117 Å². The molecule has 2 aromatic rings. The van der Waals surface area contributed by atoms with Crippen LogP contribution in [0, 0.1) is 0 Å². The van der Waals surface area contributed by atoms with E-state index in [0.717, 1.165) is 6.54 Å². The maximum atomic E-state index is 12.0. The van der Waals surface area contributed by atoms with Crippen LogP contribution in [-0.2, 0) is 11.3 Å². The molecule has 0 aliphatic heterocycles. The van der Waals surface area contributed by atoms with E-state index in [0.29, 0.717) is 30.0 Å². The number of hydrogen-bond donors (Lipinski definition) is 1. The number of rotatable bonds is 6. The molecule has 0 atom stereocenters. The number of nitrogens with zero attached hydrogens (tertiary/aromatic N) is 2. The SMILES string of the molecule is COc1c(N)cccc1C(=O)OCCCn1ccnc1. The molecule has 0 radical (unpaired) electrons. The maximum Gasteiger partial charge on any atom is 0.342 e. The second-order valence-electron chi connectivity index (χ2n) is 4.22. The number of aryl methyl sites for hydroxylation is 1. The second-order valence-corrected chi connectivity index (χ2v) is 4.22. The van der Waals surface area contributed by atoms with Crippen LogP contribution < -0.4 is 10.5 Å². The number of benzene rings is 1. The molecule has 106 valence electrons. The number of hydrogen-bond acceptors (Lipinski definition) is 5. The molecule has 2 N–H and O–H groups in total. The summed E-state index contributed by atoms with van der Waals surface area (Å²) in [5.74, 6) is -0.0770. The van der Waals surface area contributed by atoms with Gasteiger partial charge in [-0.25, -0.2) is 9.78 Å². The minimum Gasteiger partial charge on any atom is -0.494 e. The highest BCUT2D eigenvalue weighted by atomic mass is 16.5. The molecule has 0 saturated carbocycles. The molecular weight excluding hydrogens is 258 g/mol. The van der Waals surface area contributed by atoms with E-state index in [1.165, 1.54) is 7.11 Å². The summed E-state index contributed by atoms with van der Waals surface area (Å²) in [4.78, 5) is 15.9. The van der Waals surface area contributed by atoms with Gasteiger partial charge in [0.05, 0.1) is 25.7 Å². The van der Waals surface area contributed by atoms with Gasteiger partial charge in [-0.3, -0.25) is 0 Å². The van der Waals surface area contributed by atoms with Gasteiger partial charge in [0.1, 0.15) is 5.56 Å². The fourth-order valence-electron chi connectivity index (χ4n) is 1.85. The van der Waals surface area contributed by atoms with Crippen LogP contribution in [0.4, 0.5) is 5.69 Å². The van der Waals surface area contributed by atoms with Gasteiger partial charge in [-0.1, -0.05) is 6.07 Å². The molecule has 6 nitrogen and oxygen atoms in total. The smallest absolute Gasteiger partial charge is 0.342 e. The number of nitrogen functional groups attached to an aromatic ring is 1. The number of carbonyl (C=O) groups is 1. The Kier molecular flexibility index (Phi) is 4.60. The lowest BCUT2D eigenvalue weighted by molar-refractivity contribution is 0.0492. The van der Waals surface area contributed by atoms with Crippen molar-refractivity contribution in [2.75, 3.05) is 19.5 Å². The summed E-state index contributed by atoms with van der Waals surface area (Å²) in [6.07, 6.45) is 6.02. The first-order chi connectivity index (χ1) is 9.72. The number of para-hydroxylation sites is 1. The first-order valence-electron chi connectivity index (χ1n) is 6.27. The van der Waals surface area contributed by atoms with Crippen LogP contribution in [0.2, 0.25) is 0 Å². The number of nitrogens with two attached hydrogens (primary N) is 1. The molecule has 20 heavy (non-hydrogen) atoms. The largest absolute Gasteiger partial charge is 0.494 e. The molecule has 1 heterocycles. The van der Waals surface area contributed by atoms with Crippen LogP contribution in [0.3, 0.4) is 0 Å². The van der Waals surface area contributed by atoms with Crippen molar-refractivity contribution in [1.82, 2.24) is 9.55 Å². The molecule has 6 heteroatoms. The Morgan fingerprint density at radius 1 is 1.45 bits per heavy atom. The highest BCUT2D eigenvalue weighted by Gasteiger charge is 2.15. The highest BCUT2D eigenvalue weighted by molar-refractivity contribution is 5.94. The van der Waals surface area contributed by atoms with E-state index in [-0.39, 0.29) is 0 Å². The van der Waals surface area contributed by atoms with Crippen LogP contribution >= 0.6 is 0 Å². The van der Waals surface area contributed by atoms with Gasteiger partial charge in [-0.05, 0) is 18.6 Å². The molecule has 2 rings (SSSR count). The van der Waals surface area contributed by atoms with E-state index >= 15 is 0 Å². The van der Waals surface area contributed by atoms with Gasteiger partial charge in [-0.15, -0.1) is 0 Å². The quantitative estimate of drug-likeness (QED) is 0.493. The van der Waals surface area contributed by atoms with Gasteiger partial charge < -0.3 is 19.8 Å². The van der Waals surface area contributed by atoms with Gasteiger partial charge in [0.15, 0.2) is 5.75 Å². The zero-order valence-electron chi connectivity index (χ0n) is 11.3. The lowest BCUT2D eigenvalue weighted by Gasteiger charge is -2.10. The number of imidazole rings is 1. The summed E-state index contributed by atoms with van der Waals surface area (Å²) in [7, 11) is 1.47. The Bertz CT molecular complexity index is 567. The predicted octanol–water partition coefficient (Wildman–Crippen LogP) is 1.72. The molecule has 0 unspecified atom stereocenters. The Hall–Kier alpha value is -2.50. The number of aromatic nitrogens is 2. The van der Waals surface area contributed by atoms with Gasteiger partial charge in [0.2, 0.25) is 0 Å². The van der Waals surface area contributed by atoms with Crippen LogP contribution in [0.5, 0.6) is 5.75 Å². The number of carbonyl (C=O) groups excluding carboxylic acids is 1. The third-order valence-corrected chi connectivity index (χ3v) is 2.82. The lowest BCUT2D eigenvalue weighted by atomic mass is 10.2. The summed E-state index contributed by atoms with van der Waals surface area (Å²) in [5, 5.41) is 0. The molecule has 0 fully saturated rings. The molecule has 1 aromatic heterocycles. The standard InChI is InChI=1S/C14H17N3O3/c1-19-13-11(4-2-5-12(13)15)14(18)20-9-3-7-17-8-6-16-10-17/h2,4-6,8,10H,3,7,9,15H2,1H3. The normalized spacial score (nSPS) is 10.2. The maximum absolute atomic E-state index is 12.0. The first kappa shape index (κ1) is 13.9. The van der Waals surface area contributed by atoms with Crippen LogP contribution in [0.1, 0.15) is 16.8 Å². The molecule has 0 spiro atoms. The van der Waals surface area contributed by atoms with Crippen LogP contribution in [0.25, 0.3) is 0 Å². The fraction of sp³-hybridized carbons (Fsp3) is 0.286. The van der Waals surface area contributed by atoms with Crippen molar-refractivity contribution in [1.29, 1.82) is 0 Å². The molecule has 0 aliphatic rings. The summed E-state index contributed by atoms with van der Waals surface area (Å²) < 4.78 is 12.3. The van der Waals surface area contributed by atoms with Crippen molar-refractivity contribution in [2.24, 2.45) is 0 Å². The topological polar surface area (TPSA) is 79.4 Å². The van der Waals surface area contributed by atoms with Gasteiger partial charge >= 0.3 is 5.97 Å². The third-order valence-electron chi connectivity index (χ3n) is 2.82. The van der Waals surface area contributed by atoms with Crippen molar-refractivity contribution < 1.29 is 14.3 Å². The van der Waals surface area contributed by atoms with Crippen molar-refractivity contribution in [2.45, 2.75) is 13.0 Å². The molecule has 0 aliphatic carbocycles. The van der Waals surface area contributed by atoms with E-state index in [1.54, 1.807) is 30.7 Å². The number of ether oxygens (including phenoxy) is 2. The Morgan fingerprint density at radius 3 is 3.00 bits per heavy atom. The molecular formula is C14H17N3O3. The Morgan fingerprint density at radius 2 is 2.30 bits per heavy atom. The average Bonchev–Trinajstić information content (AvgIpc) is 2.96. The second kappa shape index (κ2) is 6.60. The molecule has 1 aromatic carbocycles. The summed E-state index contributed by atoms with van der Waals surface area (Å²) in [6.45, 7) is 1.08. The molecule has 0 amide bonds. The summed E-state index contributed by atoms with van der Waals surface area (Å²) in [5.41, 5.74) is 6.51. The van der Waals surface area contributed by atoms with Crippen LogP contribution in [-0.4, -0.2) is 29.2 Å². The highest BCUT2D eigenvalue weighted by Crippen LogP contribution is 2.26.